The molecule has 3 heterocycles. The second-order valence-electron chi connectivity index (χ2n) is 10.4. The molecule has 9 heteroatoms. The summed E-state index contributed by atoms with van der Waals surface area (Å²) in [6.07, 6.45) is 2.38. The van der Waals surface area contributed by atoms with Crippen LogP contribution >= 0.6 is 23.4 Å². The minimum absolute atomic E-state index is 0.0481. The third-order valence-electron chi connectivity index (χ3n) is 7.94. The number of nitrogens with one attached hydrogen (secondary N) is 1. The van der Waals surface area contributed by atoms with Crippen LogP contribution < -0.4 is 9.80 Å². The van der Waals surface area contributed by atoms with Crippen molar-refractivity contribution in [2.24, 2.45) is 0 Å². The van der Waals surface area contributed by atoms with Crippen molar-refractivity contribution in [3.05, 3.63) is 119 Å². The van der Waals surface area contributed by atoms with E-state index in [4.69, 9.17) is 16.3 Å². The van der Waals surface area contributed by atoms with E-state index in [2.05, 4.69) is 16.4 Å². The number of ether oxygens (including phenoxy) is 1. The molecule has 0 bridgehead atoms. The molecule has 208 valence electrons. The second kappa shape index (κ2) is 11.4. The maximum Gasteiger partial charge on any atom is 0.529 e. The van der Waals surface area contributed by atoms with Gasteiger partial charge in [-0.25, -0.2) is 14.2 Å². The number of quaternary nitrogens is 1. The average molecular weight is 589 g/mol. The molecule has 1 spiro atoms. The Balaban J connectivity index is 1.46. The highest BCUT2D eigenvalue weighted by atomic mass is 35.5. The maximum absolute atomic E-state index is 14.5. The summed E-state index contributed by atoms with van der Waals surface area (Å²) in [5, 5.41) is 3.60. The van der Waals surface area contributed by atoms with Gasteiger partial charge in [0.05, 0.1) is 11.0 Å². The highest BCUT2D eigenvalue weighted by Gasteiger charge is 2.63. The molecule has 2 amide bonds. The van der Waals surface area contributed by atoms with Crippen LogP contribution in [0.4, 0.5) is 14.9 Å². The van der Waals surface area contributed by atoms with Crippen molar-refractivity contribution in [2.45, 2.75) is 34.7 Å². The number of carbonyl (C=O) groups is 2. The van der Waals surface area contributed by atoms with Crippen LogP contribution in [0.25, 0.3) is 0 Å². The van der Waals surface area contributed by atoms with Gasteiger partial charge in [0.2, 0.25) is 0 Å². The molecule has 6 nitrogen and oxygen atoms in total. The Hall–Kier alpha value is -3.56. The lowest BCUT2D eigenvalue weighted by Crippen LogP contribution is -2.60. The Morgan fingerprint density at radius 1 is 0.976 bits per heavy atom. The zero-order chi connectivity index (χ0) is 28.5. The van der Waals surface area contributed by atoms with Gasteiger partial charge < -0.3 is 10.1 Å². The molecule has 2 aliphatic rings. The minimum Gasteiger partial charge on any atom is -0.415 e. The highest BCUT2D eigenvalue weighted by molar-refractivity contribution is 7.99. The summed E-state index contributed by atoms with van der Waals surface area (Å²) in [5.41, 5.74) is 2.30. The van der Waals surface area contributed by atoms with Crippen LogP contribution in [0.3, 0.4) is 0 Å². The van der Waals surface area contributed by atoms with Crippen LogP contribution in [0.1, 0.15) is 34.3 Å². The van der Waals surface area contributed by atoms with Crippen molar-refractivity contribution < 1.29 is 18.7 Å². The molecule has 3 aromatic carbocycles. The van der Waals surface area contributed by atoms with Gasteiger partial charge in [-0.1, -0.05) is 53.7 Å². The van der Waals surface area contributed by atoms with E-state index in [1.165, 1.54) is 36.2 Å². The van der Waals surface area contributed by atoms with Gasteiger partial charge in [0.1, 0.15) is 24.1 Å². The predicted molar refractivity (Wildman–Crippen MR) is 158 cm³/mol. The molecular weight excluding hydrogens is 561 g/mol. The molecule has 1 N–H and O–H groups in total. The number of imide groups is 1. The third-order valence-corrected chi connectivity index (χ3v) is 9.14. The van der Waals surface area contributed by atoms with Gasteiger partial charge in [0.15, 0.2) is 5.69 Å². The molecule has 2 aliphatic heterocycles. The van der Waals surface area contributed by atoms with E-state index in [-0.39, 0.29) is 24.1 Å². The van der Waals surface area contributed by atoms with Gasteiger partial charge >= 0.3 is 12.0 Å². The fourth-order valence-corrected chi connectivity index (χ4v) is 6.98. The van der Waals surface area contributed by atoms with E-state index in [0.717, 1.165) is 46.8 Å². The fourth-order valence-electron chi connectivity index (χ4n) is 5.94. The summed E-state index contributed by atoms with van der Waals surface area (Å²) in [5.74, 6) is -0.689. The SMILES string of the molecule is O=C(OCc1ccccc1)[N+]1(C(=O)c2ccnc(Cl)c2)CC2(CCNCC2)c2cc(Sc3ccc(F)cc3)ccc21. The Morgan fingerprint density at radius 3 is 2.44 bits per heavy atom. The van der Waals surface area contributed by atoms with Crippen LogP contribution in [-0.2, 0) is 16.8 Å². The van der Waals surface area contributed by atoms with Crippen LogP contribution in [0, 0.1) is 5.82 Å². The van der Waals surface area contributed by atoms with E-state index in [0.29, 0.717) is 11.3 Å². The van der Waals surface area contributed by atoms with Gasteiger partial charge in [-0.15, -0.1) is 4.48 Å². The number of halogens is 2. The van der Waals surface area contributed by atoms with Crippen molar-refractivity contribution >= 4 is 41.1 Å². The van der Waals surface area contributed by atoms with Gasteiger partial charge in [-0.2, -0.15) is 4.79 Å². The number of rotatable bonds is 5. The molecular formula is C32H28ClFN3O3S+. The number of aromatic nitrogens is 1. The Morgan fingerprint density at radius 2 is 1.71 bits per heavy atom. The number of piperidine rings is 1. The van der Waals surface area contributed by atoms with Crippen molar-refractivity contribution in [1.29, 1.82) is 0 Å². The van der Waals surface area contributed by atoms with Gasteiger partial charge in [-0.05, 0) is 80.0 Å². The molecule has 1 atom stereocenters. The Labute approximate surface area is 247 Å². The summed E-state index contributed by atoms with van der Waals surface area (Å²) in [6, 6.07) is 24.8. The van der Waals surface area contributed by atoms with E-state index < -0.39 is 21.9 Å². The summed E-state index contributed by atoms with van der Waals surface area (Å²) in [6.45, 7) is 1.83. The monoisotopic (exact) mass is 588 g/mol. The molecule has 1 fully saturated rings. The van der Waals surface area contributed by atoms with Crippen LogP contribution in [0.5, 0.6) is 0 Å². The van der Waals surface area contributed by atoms with E-state index in [1.807, 2.05) is 42.5 Å². The molecule has 0 saturated carbocycles. The molecule has 0 aliphatic carbocycles. The maximum atomic E-state index is 14.5. The molecule has 0 radical (unpaired) electrons. The fraction of sp³-hybridized carbons (Fsp3) is 0.219. The topological polar surface area (TPSA) is 68.3 Å². The summed E-state index contributed by atoms with van der Waals surface area (Å²) in [4.78, 5) is 34.6. The first-order chi connectivity index (χ1) is 19.9. The number of pyridine rings is 1. The Kier molecular flexibility index (Phi) is 7.66. The van der Waals surface area contributed by atoms with Gasteiger partial charge in [0, 0.05) is 27.6 Å². The lowest BCUT2D eigenvalue weighted by atomic mass is 9.75. The average Bonchev–Trinajstić information content (AvgIpc) is 3.27. The number of fused-ring (bicyclic) bond motifs is 2. The lowest BCUT2D eigenvalue weighted by molar-refractivity contribution is 0.0625. The standard InChI is InChI=1S/C32H28ClFN3O3S/c33-29-18-23(12-15-36-29)30(38)37(31(39)40-20-22-4-2-1-3-5-22)21-32(13-16-35-17-14-32)27-19-26(10-11-28(27)37)41-25-8-6-24(34)7-9-25/h1-12,15,18-19,35H,13-14,16-17,20-21H2/q+1. The van der Waals surface area contributed by atoms with Crippen molar-refractivity contribution in [1.82, 2.24) is 14.8 Å². The molecule has 1 aromatic heterocycles. The van der Waals surface area contributed by atoms with E-state index >= 15 is 0 Å². The molecule has 41 heavy (non-hydrogen) atoms. The first kappa shape index (κ1) is 27.6. The Bertz CT molecular complexity index is 1600. The minimum atomic E-state index is -0.623. The van der Waals surface area contributed by atoms with Crippen molar-refractivity contribution in [3.63, 3.8) is 0 Å². The third kappa shape index (κ3) is 5.28. The number of benzene rings is 3. The smallest absolute Gasteiger partial charge is 0.415 e. The zero-order valence-corrected chi connectivity index (χ0v) is 23.8. The molecule has 1 unspecified atom stereocenters. The summed E-state index contributed by atoms with van der Waals surface area (Å²) < 4.78 is 18.8. The predicted octanol–water partition coefficient (Wildman–Crippen LogP) is 7.14. The molecule has 4 aromatic rings. The quantitative estimate of drug-likeness (QED) is 0.197. The van der Waals surface area contributed by atoms with E-state index in [9.17, 15) is 14.0 Å². The van der Waals surface area contributed by atoms with Crippen molar-refractivity contribution in [3.8, 4) is 0 Å². The van der Waals surface area contributed by atoms with Crippen molar-refractivity contribution in [2.75, 3.05) is 19.6 Å². The number of amides is 2. The normalized spacial score (nSPS) is 19.1. The van der Waals surface area contributed by atoms with Crippen LogP contribution in [0.15, 0.2) is 101 Å². The summed E-state index contributed by atoms with van der Waals surface area (Å²) >= 11 is 7.71. The van der Waals surface area contributed by atoms with Crippen LogP contribution in [0.2, 0.25) is 5.15 Å². The second-order valence-corrected chi connectivity index (χ2v) is 12.0. The number of carbonyl (C=O) groups excluding carboxylic acids is 2. The first-order valence-electron chi connectivity index (χ1n) is 13.4. The van der Waals surface area contributed by atoms with E-state index in [1.54, 1.807) is 18.2 Å². The zero-order valence-electron chi connectivity index (χ0n) is 22.2. The number of nitrogens with zero attached hydrogens (tertiary/aromatic N) is 2. The first-order valence-corrected chi connectivity index (χ1v) is 14.6. The van der Waals surface area contributed by atoms with Gasteiger partial charge in [0.25, 0.3) is 0 Å². The summed E-state index contributed by atoms with van der Waals surface area (Å²) in [7, 11) is 0. The number of hydrogen-bond donors (Lipinski definition) is 1. The molecule has 1 saturated heterocycles. The molecule has 6 rings (SSSR count). The highest BCUT2D eigenvalue weighted by Crippen LogP contribution is 2.52. The number of hydrogen-bond acceptors (Lipinski definition) is 6. The lowest BCUT2D eigenvalue weighted by Gasteiger charge is -2.35. The largest absolute Gasteiger partial charge is 0.529 e. The van der Waals surface area contributed by atoms with Crippen LogP contribution in [-0.4, -0.2) is 36.6 Å². The van der Waals surface area contributed by atoms with Gasteiger partial charge in [-0.3, -0.25) is 0 Å².